The molecule has 1 aromatic carbocycles. The number of amides is 1. The van der Waals surface area contributed by atoms with Gasteiger partial charge < -0.3 is 19.9 Å². The van der Waals surface area contributed by atoms with Crippen molar-refractivity contribution in [2.24, 2.45) is 5.41 Å². The normalized spacial score (nSPS) is 10.9. The van der Waals surface area contributed by atoms with Gasteiger partial charge in [0, 0.05) is 12.6 Å². The average molecular weight is 354 g/mol. The summed E-state index contributed by atoms with van der Waals surface area (Å²) in [7, 11) is 1.36. The first kappa shape index (κ1) is 20.2. The molecule has 0 aliphatic carbocycles. The number of rotatable bonds is 9. The monoisotopic (exact) mass is 354 g/mol. The molecule has 25 heavy (non-hydrogen) atoms. The Morgan fingerprint density at radius 3 is 2.44 bits per heavy atom. The Kier molecular flexibility index (Phi) is 6.72. The summed E-state index contributed by atoms with van der Waals surface area (Å²) >= 11 is 0. The first-order valence-corrected chi connectivity index (χ1v) is 7.64. The standard InChI is InChI=1S/C16H22N2O7/c1-5-25-13-9-11(18(22)23)10(8-12(13)24-4)14(19)17-7-6-16(2,3)15(20)21/h8-9H,5-7H2,1-4H3,(H,17,19)(H,20,21). The maximum absolute atomic E-state index is 12.3. The number of hydrogen-bond donors (Lipinski definition) is 2. The van der Waals surface area contributed by atoms with E-state index in [4.69, 9.17) is 14.6 Å². The van der Waals surface area contributed by atoms with Gasteiger partial charge in [-0.25, -0.2) is 0 Å². The topological polar surface area (TPSA) is 128 Å². The number of hydrogen-bond acceptors (Lipinski definition) is 6. The van der Waals surface area contributed by atoms with Crippen LogP contribution in [-0.2, 0) is 4.79 Å². The third-order valence-electron chi connectivity index (χ3n) is 3.64. The molecule has 0 fully saturated rings. The van der Waals surface area contributed by atoms with Gasteiger partial charge in [-0.2, -0.15) is 0 Å². The van der Waals surface area contributed by atoms with Gasteiger partial charge in [-0.1, -0.05) is 0 Å². The lowest BCUT2D eigenvalue weighted by Crippen LogP contribution is -2.32. The molecule has 0 aromatic heterocycles. The lowest BCUT2D eigenvalue weighted by molar-refractivity contribution is -0.385. The van der Waals surface area contributed by atoms with Crippen molar-refractivity contribution in [3.05, 3.63) is 27.8 Å². The van der Waals surface area contributed by atoms with Crippen LogP contribution in [0.15, 0.2) is 12.1 Å². The predicted molar refractivity (Wildman–Crippen MR) is 89.2 cm³/mol. The van der Waals surface area contributed by atoms with E-state index in [2.05, 4.69) is 5.32 Å². The molecule has 0 spiro atoms. The molecular weight excluding hydrogens is 332 g/mol. The molecule has 0 saturated heterocycles. The third-order valence-corrected chi connectivity index (χ3v) is 3.64. The van der Waals surface area contributed by atoms with E-state index < -0.39 is 27.9 Å². The highest BCUT2D eigenvalue weighted by Crippen LogP contribution is 2.34. The lowest BCUT2D eigenvalue weighted by Gasteiger charge is -2.19. The second-order valence-electron chi connectivity index (χ2n) is 5.91. The fourth-order valence-electron chi connectivity index (χ4n) is 2.00. The summed E-state index contributed by atoms with van der Waals surface area (Å²) in [4.78, 5) is 33.9. The minimum absolute atomic E-state index is 0.0603. The zero-order valence-electron chi connectivity index (χ0n) is 14.6. The minimum Gasteiger partial charge on any atom is -0.493 e. The molecule has 0 bridgehead atoms. The van der Waals surface area contributed by atoms with Crippen LogP contribution in [0.3, 0.4) is 0 Å². The van der Waals surface area contributed by atoms with Crippen LogP contribution < -0.4 is 14.8 Å². The van der Waals surface area contributed by atoms with Crippen LogP contribution in [-0.4, -0.2) is 42.2 Å². The SMILES string of the molecule is CCOc1cc([N+](=O)[O-])c(C(=O)NCCC(C)(C)C(=O)O)cc1OC. The van der Waals surface area contributed by atoms with Gasteiger partial charge in [0.2, 0.25) is 0 Å². The van der Waals surface area contributed by atoms with Crippen LogP contribution in [0.4, 0.5) is 5.69 Å². The Labute approximate surface area is 145 Å². The van der Waals surface area contributed by atoms with Gasteiger partial charge in [0.15, 0.2) is 11.5 Å². The Morgan fingerprint density at radius 2 is 1.96 bits per heavy atom. The molecule has 0 radical (unpaired) electrons. The van der Waals surface area contributed by atoms with Crippen molar-refractivity contribution >= 4 is 17.6 Å². The number of ether oxygens (including phenoxy) is 2. The molecule has 1 rings (SSSR count). The second kappa shape index (κ2) is 8.32. The summed E-state index contributed by atoms with van der Waals surface area (Å²) in [6.07, 6.45) is 0.177. The first-order valence-electron chi connectivity index (χ1n) is 7.64. The predicted octanol–water partition coefficient (Wildman–Crippen LogP) is 2.23. The van der Waals surface area contributed by atoms with Gasteiger partial charge in [-0.3, -0.25) is 19.7 Å². The van der Waals surface area contributed by atoms with E-state index in [1.165, 1.54) is 27.0 Å². The fraction of sp³-hybridized carbons (Fsp3) is 0.500. The largest absolute Gasteiger partial charge is 0.493 e. The van der Waals surface area contributed by atoms with Crippen LogP contribution in [0.25, 0.3) is 0 Å². The lowest BCUT2D eigenvalue weighted by atomic mass is 9.89. The molecule has 0 aliphatic rings. The number of nitro groups is 1. The first-order chi connectivity index (χ1) is 11.6. The van der Waals surface area contributed by atoms with Crippen LogP contribution >= 0.6 is 0 Å². The van der Waals surface area contributed by atoms with E-state index in [1.807, 2.05) is 0 Å². The maximum atomic E-state index is 12.3. The van der Waals surface area contributed by atoms with E-state index in [0.29, 0.717) is 0 Å². The van der Waals surface area contributed by atoms with Gasteiger partial charge in [0.25, 0.3) is 11.6 Å². The molecule has 0 atom stereocenters. The van der Waals surface area contributed by atoms with Crippen molar-refractivity contribution in [2.75, 3.05) is 20.3 Å². The number of benzene rings is 1. The average Bonchev–Trinajstić information content (AvgIpc) is 2.54. The van der Waals surface area contributed by atoms with Crippen molar-refractivity contribution in [1.29, 1.82) is 0 Å². The summed E-state index contributed by atoms with van der Waals surface area (Å²) in [6.45, 7) is 5.12. The van der Waals surface area contributed by atoms with E-state index >= 15 is 0 Å². The molecule has 9 nitrogen and oxygen atoms in total. The number of carboxylic acid groups (broad SMARTS) is 1. The number of methoxy groups -OCH3 is 1. The van der Waals surface area contributed by atoms with E-state index in [1.54, 1.807) is 6.92 Å². The quantitative estimate of drug-likeness (QED) is 0.514. The number of carboxylic acids is 1. The summed E-state index contributed by atoms with van der Waals surface area (Å²) < 4.78 is 10.4. The van der Waals surface area contributed by atoms with E-state index in [9.17, 15) is 19.7 Å². The van der Waals surface area contributed by atoms with Crippen molar-refractivity contribution in [1.82, 2.24) is 5.32 Å². The van der Waals surface area contributed by atoms with E-state index in [0.717, 1.165) is 6.07 Å². The zero-order valence-corrected chi connectivity index (χ0v) is 14.6. The highest BCUT2D eigenvalue weighted by molar-refractivity contribution is 5.99. The molecule has 1 aromatic rings. The highest BCUT2D eigenvalue weighted by atomic mass is 16.6. The maximum Gasteiger partial charge on any atom is 0.309 e. The summed E-state index contributed by atoms with van der Waals surface area (Å²) in [5.41, 5.74) is -1.62. The summed E-state index contributed by atoms with van der Waals surface area (Å²) in [6, 6.07) is 2.37. The second-order valence-corrected chi connectivity index (χ2v) is 5.91. The molecule has 2 N–H and O–H groups in total. The minimum atomic E-state index is -1.02. The smallest absolute Gasteiger partial charge is 0.309 e. The molecule has 0 unspecified atom stereocenters. The molecule has 0 heterocycles. The van der Waals surface area contributed by atoms with Crippen molar-refractivity contribution in [3.63, 3.8) is 0 Å². The van der Waals surface area contributed by atoms with Gasteiger partial charge in [0.05, 0.1) is 30.1 Å². The zero-order chi connectivity index (χ0) is 19.2. The number of carbonyl (C=O) groups is 2. The van der Waals surface area contributed by atoms with Gasteiger partial charge >= 0.3 is 5.97 Å². The number of nitrogens with one attached hydrogen (secondary N) is 1. The number of nitro benzene ring substituents is 1. The van der Waals surface area contributed by atoms with Gasteiger partial charge in [-0.15, -0.1) is 0 Å². The van der Waals surface area contributed by atoms with Crippen LogP contribution in [0.2, 0.25) is 0 Å². The third kappa shape index (κ3) is 5.07. The van der Waals surface area contributed by atoms with Crippen molar-refractivity contribution in [3.8, 4) is 11.5 Å². The fourth-order valence-corrected chi connectivity index (χ4v) is 2.00. The molecule has 0 aliphatic heterocycles. The Morgan fingerprint density at radius 1 is 1.32 bits per heavy atom. The summed E-state index contributed by atoms with van der Waals surface area (Å²) in [5, 5.41) is 22.8. The Bertz CT molecular complexity index is 671. The summed E-state index contributed by atoms with van der Waals surface area (Å²) in [5.74, 6) is -1.31. The van der Waals surface area contributed by atoms with Crippen LogP contribution in [0.5, 0.6) is 11.5 Å². The number of aliphatic carboxylic acids is 1. The van der Waals surface area contributed by atoms with Gasteiger partial charge in [-0.05, 0) is 27.2 Å². The molecule has 1 amide bonds. The molecule has 0 saturated carbocycles. The Balaban J connectivity index is 3.04. The number of nitrogens with zero attached hydrogens (tertiary/aromatic N) is 1. The van der Waals surface area contributed by atoms with Crippen molar-refractivity contribution < 1.29 is 29.1 Å². The molecule has 9 heteroatoms. The van der Waals surface area contributed by atoms with Gasteiger partial charge in [0.1, 0.15) is 5.56 Å². The highest BCUT2D eigenvalue weighted by Gasteiger charge is 2.28. The van der Waals surface area contributed by atoms with Crippen LogP contribution in [0, 0.1) is 15.5 Å². The Hall–Kier alpha value is -2.84. The number of carbonyl (C=O) groups excluding carboxylic acids is 1. The van der Waals surface area contributed by atoms with E-state index in [-0.39, 0.29) is 36.6 Å². The molecular formula is C16H22N2O7. The van der Waals surface area contributed by atoms with Crippen LogP contribution in [0.1, 0.15) is 37.6 Å². The van der Waals surface area contributed by atoms with Crippen molar-refractivity contribution in [2.45, 2.75) is 27.2 Å². The molecule has 138 valence electrons.